The van der Waals surface area contributed by atoms with Crippen LogP contribution in [0.3, 0.4) is 0 Å². The summed E-state index contributed by atoms with van der Waals surface area (Å²) < 4.78 is 5.12. The van der Waals surface area contributed by atoms with Gasteiger partial charge >= 0.3 is 5.97 Å². The number of ketones is 1. The Hall–Kier alpha value is -1.64. The maximum atomic E-state index is 11.9. The fraction of sp³-hybridized carbons (Fsp3) is 0.429. The zero-order valence-electron chi connectivity index (χ0n) is 10.3. The summed E-state index contributed by atoms with van der Waals surface area (Å²) in [5.41, 5.74) is 0.667. The van der Waals surface area contributed by atoms with Gasteiger partial charge in [0.1, 0.15) is 6.10 Å². The van der Waals surface area contributed by atoms with Crippen molar-refractivity contribution in [1.82, 2.24) is 0 Å². The third-order valence-corrected chi connectivity index (χ3v) is 2.45. The third kappa shape index (κ3) is 4.81. The summed E-state index contributed by atoms with van der Waals surface area (Å²) in [6.07, 6.45) is 1.57. The first-order valence-electron chi connectivity index (χ1n) is 5.89. The van der Waals surface area contributed by atoms with Gasteiger partial charge in [-0.25, -0.2) is 0 Å². The van der Waals surface area contributed by atoms with Crippen LogP contribution in [0.1, 0.15) is 43.5 Å². The van der Waals surface area contributed by atoms with Crippen LogP contribution in [0, 0.1) is 0 Å². The van der Waals surface area contributed by atoms with Gasteiger partial charge in [-0.1, -0.05) is 43.7 Å². The molecule has 3 nitrogen and oxygen atoms in total. The van der Waals surface area contributed by atoms with E-state index in [1.54, 1.807) is 12.1 Å². The van der Waals surface area contributed by atoms with Gasteiger partial charge in [-0.2, -0.15) is 0 Å². The summed E-state index contributed by atoms with van der Waals surface area (Å²) >= 11 is 0. The molecule has 1 aromatic rings. The monoisotopic (exact) mass is 234 g/mol. The van der Waals surface area contributed by atoms with Crippen molar-refractivity contribution in [2.24, 2.45) is 0 Å². The standard InChI is InChI=1S/C14H18O3/c1-3-7-13(17-11(2)15)10-14(16)12-8-5-4-6-9-12/h4-6,8-9,13H,3,7,10H2,1-2H3. The van der Waals surface area contributed by atoms with E-state index < -0.39 is 0 Å². The van der Waals surface area contributed by atoms with Crippen LogP contribution >= 0.6 is 0 Å². The van der Waals surface area contributed by atoms with Crippen LogP contribution < -0.4 is 0 Å². The van der Waals surface area contributed by atoms with E-state index in [9.17, 15) is 9.59 Å². The Bertz CT molecular complexity index is 370. The molecule has 0 saturated heterocycles. The van der Waals surface area contributed by atoms with E-state index in [2.05, 4.69) is 0 Å². The molecule has 0 spiro atoms. The highest BCUT2D eigenvalue weighted by Crippen LogP contribution is 2.12. The topological polar surface area (TPSA) is 43.4 Å². The van der Waals surface area contributed by atoms with Crippen LogP contribution in [0.5, 0.6) is 0 Å². The maximum absolute atomic E-state index is 11.9. The van der Waals surface area contributed by atoms with Crippen molar-refractivity contribution in [2.75, 3.05) is 0 Å². The molecule has 0 radical (unpaired) electrons. The first kappa shape index (κ1) is 13.4. The van der Waals surface area contributed by atoms with Crippen molar-refractivity contribution < 1.29 is 14.3 Å². The lowest BCUT2D eigenvalue weighted by Gasteiger charge is -2.15. The summed E-state index contributed by atoms with van der Waals surface area (Å²) in [4.78, 5) is 22.8. The lowest BCUT2D eigenvalue weighted by atomic mass is 10.0. The van der Waals surface area contributed by atoms with Gasteiger partial charge in [0.15, 0.2) is 5.78 Å². The Kier molecular flexibility index (Phi) is 5.40. The van der Waals surface area contributed by atoms with Crippen LogP contribution in [0.15, 0.2) is 30.3 Å². The number of benzene rings is 1. The quantitative estimate of drug-likeness (QED) is 0.561. The molecule has 0 aliphatic carbocycles. The molecule has 1 rings (SSSR count). The zero-order chi connectivity index (χ0) is 12.7. The SMILES string of the molecule is CCCC(CC(=O)c1ccccc1)OC(C)=O. The molecule has 1 aromatic carbocycles. The molecule has 1 atom stereocenters. The van der Waals surface area contributed by atoms with Crippen LogP contribution in [0.4, 0.5) is 0 Å². The van der Waals surface area contributed by atoms with Gasteiger partial charge < -0.3 is 4.74 Å². The Morgan fingerprint density at radius 2 is 1.88 bits per heavy atom. The molecule has 0 amide bonds. The van der Waals surface area contributed by atoms with Gasteiger partial charge in [0.25, 0.3) is 0 Å². The second kappa shape index (κ2) is 6.84. The van der Waals surface area contributed by atoms with Gasteiger partial charge in [-0.05, 0) is 6.42 Å². The minimum atomic E-state index is -0.329. The summed E-state index contributed by atoms with van der Waals surface area (Å²) in [5.74, 6) is -0.311. The molecule has 0 aromatic heterocycles. The molecule has 0 fully saturated rings. The minimum Gasteiger partial charge on any atom is -0.462 e. The first-order chi connectivity index (χ1) is 8.13. The van der Waals surface area contributed by atoms with E-state index in [-0.39, 0.29) is 24.3 Å². The van der Waals surface area contributed by atoms with E-state index in [0.717, 1.165) is 12.8 Å². The summed E-state index contributed by atoms with van der Waals surface area (Å²) in [5, 5.41) is 0. The molecule has 1 unspecified atom stereocenters. The average Bonchev–Trinajstić information content (AvgIpc) is 2.29. The van der Waals surface area contributed by atoms with Crippen molar-refractivity contribution in [3.05, 3.63) is 35.9 Å². The number of rotatable bonds is 6. The van der Waals surface area contributed by atoms with Crippen molar-refractivity contribution in [2.45, 2.75) is 39.2 Å². The second-order valence-corrected chi connectivity index (χ2v) is 4.01. The van der Waals surface area contributed by atoms with E-state index >= 15 is 0 Å². The van der Waals surface area contributed by atoms with Crippen LogP contribution in [0.25, 0.3) is 0 Å². The van der Waals surface area contributed by atoms with Crippen molar-refractivity contribution in [3.8, 4) is 0 Å². The van der Waals surface area contributed by atoms with Gasteiger partial charge in [0.2, 0.25) is 0 Å². The summed E-state index contributed by atoms with van der Waals surface area (Å²) in [6.45, 7) is 3.37. The minimum absolute atomic E-state index is 0.0188. The number of carbonyl (C=O) groups is 2. The van der Waals surface area contributed by atoms with E-state index in [1.807, 2.05) is 25.1 Å². The Morgan fingerprint density at radius 3 is 2.41 bits per heavy atom. The van der Waals surface area contributed by atoms with Gasteiger partial charge in [0.05, 0.1) is 0 Å². The molecule has 0 heterocycles. The Balaban J connectivity index is 2.60. The summed E-state index contributed by atoms with van der Waals surface area (Å²) in [7, 11) is 0. The molecule has 0 aliphatic rings. The highest BCUT2D eigenvalue weighted by Gasteiger charge is 2.16. The zero-order valence-corrected chi connectivity index (χ0v) is 10.3. The molecule has 0 saturated carbocycles. The molecule has 0 bridgehead atoms. The number of carbonyl (C=O) groups excluding carboxylic acids is 2. The van der Waals surface area contributed by atoms with Gasteiger partial charge in [-0.15, -0.1) is 0 Å². The van der Waals surface area contributed by atoms with Crippen LogP contribution in [0.2, 0.25) is 0 Å². The van der Waals surface area contributed by atoms with E-state index in [0.29, 0.717) is 5.56 Å². The van der Waals surface area contributed by atoms with Crippen molar-refractivity contribution in [1.29, 1.82) is 0 Å². The smallest absolute Gasteiger partial charge is 0.302 e. The van der Waals surface area contributed by atoms with Crippen molar-refractivity contribution in [3.63, 3.8) is 0 Å². The first-order valence-corrected chi connectivity index (χ1v) is 5.89. The maximum Gasteiger partial charge on any atom is 0.302 e. The fourth-order valence-electron chi connectivity index (χ4n) is 1.71. The number of esters is 1. The largest absolute Gasteiger partial charge is 0.462 e. The second-order valence-electron chi connectivity index (χ2n) is 4.01. The predicted molar refractivity (Wildman–Crippen MR) is 65.9 cm³/mol. The van der Waals surface area contributed by atoms with Gasteiger partial charge in [0, 0.05) is 18.9 Å². The van der Waals surface area contributed by atoms with Gasteiger partial charge in [-0.3, -0.25) is 9.59 Å². The fourth-order valence-corrected chi connectivity index (χ4v) is 1.71. The lowest BCUT2D eigenvalue weighted by Crippen LogP contribution is -2.20. The molecular formula is C14H18O3. The Labute approximate surface area is 102 Å². The number of ether oxygens (including phenoxy) is 1. The molecule has 0 N–H and O–H groups in total. The highest BCUT2D eigenvalue weighted by atomic mass is 16.5. The third-order valence-electron chi connectivity index (χ3n) is 2.45. The normalized spacial score (nSPS) is 11.9. The van der Waals surface area contributed by atoms with E-state index in [4.69, 9.17) is 4.74 Å². The highest BCUT2D eigenvalue weighted by molar-refractivity contribution is 5.96. The summed E-state index contributed by atoms with van der Waals surface area (Å²) in [6, 6.07) is 9.08. The number of Topliss-reactive ketones (excluding diaryl/α,β-unsaturated/α-hetero) is 1. The molecule has 0 aliphatic heterocycles. The van der Waals surface area contributed by atoms with Crippen LogP contribution in [-0.4, -0.2) is 17.9 Å². The lowest BCUT2D eigenvalue weighted by molar-refractivity contribution is -0.146. The number of hydrogen-bond acceptors (Lipinski definition) is 3. The molecular weight excluding hydrogens is 216 g/mol. The molecule has 17 heavy (non-hydrogen) atoms. The molecule has 92 valence electrons. The predicted octanol–water partition coefficient (Wildman–Crippen LogP) is 2.99. The van der Waals surface area contributed by atoms with E-state index in [1.165, 1.54) is 6.92 Å². The number of hydrogen-bond donors (Lipinski definition) is 0. The van der Waals surface area contributed by atoms with Crippen LogP contribution in [-0.2, 0) is 9.53 Å². The molecule has 3 heteroatoms. The average molecular weight is 234 g/mol. The Morgan fingerprint density at radius 1 is 1.24 bits per heavy atom. The van der Waals surface area contributed by atoms with Crippen molar-refractivity contribution >= 4 is 11.8 Å².